The van der Waals surface area contributed by atoms with Crippen molar-refractivity contribution in [2.45, 2.75) is 156 Å². The summed E-state index contributed by atoms with van der Waals surface area (Å²) in [6.07, 6.45) is 25.9. The van der Waals surface area contributed by atoms with Crippen molar-refractivity contribution in [1.82, 2.24) is 0 Å². The van der Waals surface area contributed by atoms with Gasteiger partial charge in [0.2, 0.25) is 0 Å². The van der Waals surface area contributed by atoms with E-state index in [0.29, 0.717) is 17.9 Å². The Kier molecular flexibility index (Phi) is 22.3. The molecule has 0 radical (unpaired) electrons. The second-order valence-corrected chi connectivity index (χ2v) is 11.6. The van der Waals surface area contributed by atoms with Gasteiger partial charge in [-0.25, -0.2) is 0 Å². The summed E-state index contributed by atoms with van der Waals surface area (Å²) >= 11 is 0. The minimum Gasteiger partial charge on any atom is -0.508 e. The predicted molar refractivity (Wildman–Crippen MR) is 156 cm³/mol. The number of benzene rings is 1. The molecule has 0 aliphatic rings. The van der Waals surface area contributed by atoms with Crippen molar-refractivity contribution in [3.05, 3.63) is 23.3 Å². The molecular formula is C31H56FO4P. The Morgan fingerprint density at radius 3 is 1.62 bits per heavy atom. The zero-order chi connectivity index (χ0) is 27.0. The number of aromatic hydroxyl groups is 1. The van der Waals surface area contributed by atoms with E-state index in [9.17, 15) is 9.63 Å². The molecule has 1 aromatic carbocycles. The van der Waals surface area contributed by atoms with Crippen LogP contribution in [0.1, 0.15) is 153 Å². The fraction of sp³-hybridized carbons (Fsp3) is 0.806. The van der Waals surface area contributed by atoms with Gasteiger partial charge < -0.3 is 14.2 Å². The number of aryl methyl sites for hydroxylation is 2. The van der Waals surface area contributed by atoms with Gasteiger partial charge in [0.1, 0.15) is 11.5 Å². The molecule has 216 valence electrons. The lowest BCUT2D eigenvalue weighted by atomic mass is 10.0. The smallest absolute Gasteiger partial charge is 0.431 e. The van der Waals surface area contributed by atoms with E-state index in [0.717, 1.165) is 37.7 Å². The predicted octanol–water partition coefficient (Wildman–Crippen LogP) is 11.6. The topological polar surface area (TPSA) is 47.9 Å². The molecule has 1 aromatic rings. The van der Waals surface area contributed by atoms with Crippen molar-refractivity contribution in [2.75, 3.05) is 6.61 Å². The summed E-state index contributed by atoms with van der Waals surface area (Å²) in [7, 11) is -2.09. The number of hydrogen-bond donors (Lipinski definition) is 1. The highest BCUT2D eigenvalue weighted by molar-refractivity contribution is 7.42. The van der Waals surface area contributed by atoms with Crippen molar-refractivity contribution in [3.63, 3.8) is 0 Å². The molecule has 4 nitrogen and oxygen atoms in total. The van der Waals surface area contributed by atoms with Gasteiger partial charge in [-0.3, -0.25) is 0 Å². The third-order valence-electron chi connectivity index (χ3n) is 7.10. The maximum Gasteiger partial charge on any atom is 0.431 e. The van der Waals surface area contributed by atoms with Gasteiger partial charge in [0.25, 0.3) is 0 Å². The van der Waals surface area contributed by atoms with E-state index in [1.807, 2.05) is 6.92 Å². The Morgan fingerprint density at radius 2 is 1.14 bits per heavy atom. The Bertz CT molecular complexity index is 658. The van der Waals surface area contributed by atoms with Crippen molar-refractivity contribution in [2.24, 2.45) is 0 Å². The first-order chi connectivity index (χ1) is 18.1. The van der Waals surface area contributed by atoms with Crippen LogP contribution >= 0.6 is 8.60 Å². The minimum absolute atomic E-state index is 0.242. The maximum absolute atomic E-state index is 13.2. The molecule has 0 bridgehead atoms. The number of unbranched alkanes of at least 4 members (excludes halogenated alkanes) is 18. The van der Waals surface area contributed by atoms with Gasteiger partial charge in [0.05, 0.1) is 6.61 Å². The van der Waals surface area contributed by atoms with E-state index < -0.39 is 8.60 Å². The Hall–Kier alpha value is -0.900. The first-order valence-electron chi connectivity index (χ1n) is 15.3. The third kappa shape index (κ3) is 18.1. The van der Waals surface area contributed by atoms with Gasteiger partial charge in [-0.1, -0.05) is 134 Å². The normalized spacial score (nSPS) is 12.2. The van der Waals surface area contributed by atoms with Gasteiger partial charge in [0, 0.05) is 0 Å². The summed E-state index contributed by atoms with van der Waals surface area (Å²) in [6.45, 7) is 6.74. The molecule has 0 amide bonds. The minimum atomic E-state index is -2.09. The molecular weight excluding hydrogens is 486 g/mol. The van der Waals surface area contributed by atoms with Gasteiger partial charge in [-0.15, -0.1) is 0 Å². The van der Waals surface area contributed by atoms with E-state index in [4.69, 9.17) is 9.05 Å². The molecule has 0 saturated heterocycles. The quantitative estimate of drug-likeness (QED) is 0.0934. The molecule has 6 heteroatoms. The zero-order valence-electron chi connectivity index (χ0n) is 24.2. The monoisotopic (exact) mass is 542 g/mol. The second-order valence-electron chi connectivity index (χ2n) is 10.6. The van der Waals surface area contributed by atoms with Gasteiger partial charge >= 0.3 is 8.60 Å². The Labute approximate surface area is 229 Å². The average molecular weight is 543 g/mol. The summed E-state index contributed by atoms with van der Waals surface area (Å²) in [6, 6.07) is 3.51. The highest BCUT2D eigenvalue weighted by atomic mass is 31.2. The van der Waals surface area contributed by atoms with Crippen LogP contribution in [0.2, 0.25) is 0 Å². The molecule has 0 heterocycles. The van der Waals surface area contributed by atoms with Crippen LogP contribution in [-0.4, -0.2) is 11.7 Å². The third-order valence-corrected chi connectivity index (χ3v) is 7.95. The van der Waals surface area contributed by atoms with Crippen LogP contribution in [0, 0.1) is 6.92 Å². The molecule has 37 heavy (non-hydrogen) atoms. The largest absolute Gasteiger partial charge is 0.508 e. The molecule has 0 fully saturated rings. The van der Waals surface area contributed by atoms with Crippen LogP contribution < -0.4 is 4.52 Å². The lowest BCUT2D eigenvalue weighted by Crippen LogP contribution is -1.99. The van der Waals surface area contributed by atoms with Crippen molar-refractivity contribution >= 4 is 8.60 Å². The van der Waals surface area contributed by atoms with Crippen molar-refractivity contribution < 1.29 is 23.4 Å². The van der Waals surface area contributed by atoms with E-state index in [1.54, 1.807) is 12.1 Å². The number of hydrogen-bond acceptors (Lipinski definition) is 4. The molecule has 0 aromatic heterocycles. The van der Waals surface area contributed by atoms with Crippen molar-refractivity contribution in [1.29, 1.82) is 0 Å². The number of halogens is 1. The Morgan fingerprint density at radius 1 is 0.676 bits per heavy atom. The summed E-state index contributed by atoms with van der Waals surface area (Å²) in [5.41, 5.74) is 1.58. The van der Waals surface area contributed by atoms with Crippen LogP contribution in [0.3, 0.4) is 0 Å². The second kappa shape index (κ2) is 24.2. The fourth-order valence-corrected chi connectivity index (χ4v) is 5.40. The Balaban J connectivity index is 2.29. The van der Waals surface area contributed by atoms with Crippen LogP contribution in [0.5, 0.6) is 11.5 Å². The molecule has 1 unspecified atom stereocenters. The summed E-state index contributed by atoms with van der Waals surface area (Å²) in [4.78, 5) is 0. The van der Waals surface area contributed by atoms with Crippen molar-refractivity contribution in [3.8, 4) is 11.5 Å². The van der Waals surface area contributed by atoms with E-state index in [2.05, 4.69) is 18.6 Å². The zero-order valence-corrected chi connectivity index (χ0v) is 25.1. The van der Waals surface area contributed by atoms with Crippen LogP contribution in [0.4, 0.5) is 4.53 Å². The highest BCUT2D eigenvalue weighted by Crippen LogP contribution is 2.44. The first-order valence-corrected chi connectivity index (χ1v) is 16.4. The average Bonchev–Trinajstić information content (AvgIpc) is 2.90. The maximum atomic E-state index is 13.2. The molecule has 0 saturated carbocycles. The molecule has 1 N–H and O–H groups in total. The fourth-order valence-electron chi connectivity index (χ4n) is 4.67. The summed E-state index contributed by atoms with van der Waals surface area (Å²) < 4.78 is 28.6. The van der Waals surface area contributed by atoms with Crippen LogP contribution in [0.25, 0.3) is 0 Å². The molecule has 0 aliphatic heterocycles. The van der Waals surface area contributed by atoms with E-state index in [-0.39, 0.29) is 5.75 Å². The number of phenols is 1. The van der Waals surface area contributed by atoms with E-state index in [1.165, 1.54) is 103 Å². The highest BCUT2D eigenvalue weighted by Gasteiger charge is 2.19. The standard InChI is InChI=1S/C31H56FO4P/c1-4-6-8-10-12-14-16-18-20-22-24-29-27-30(33)28(3)26-31(29)35-37(36-32)34-25-23-21-19-17-15-13-11-9-7-5-2/h26-27,33H,4-25H2,1-3H3. The van der Waals surface area contributed by atoms with Crippen LogP contribution in [0.15, 0.2) is 12.1 Å². The molecule has 0 spiro atoms. The van der Waals surface area contributed by atoms with Gasteiger partial charge in [0.15, 0.2) is 0 Å². The van der Waals surface area contributed by atoms with Crippen LogP contribution in [-0.2, 0) is 15.7 Å². The van der Waals surface area contributed by atoms with Gasteiger partial charge in [-0.2, -0.15) is 0 Å². The SMILES string of the molecule is CCCCCCCCCCCCOP(OF)Oc1cc(C)c(O)cc1CCCCCCCCCCCC. The number of rotatable bonds is 26. The molecule has 1 rings (SSSR count). The lowest BCUT2D eigenvalue weighted by molar-refractivity contribution is -0.0255. The molecule has 0 aliphatic carbocycles. The summed E-state index contributed by atoms with van der Waals surface area (Å²) in [5.74, 6) is 0.796. The van der Waals surface area contributed by atoms with E-state index >= 15 is 0 Å². The first kappa shape index (κ1) is 34.1. The summed E-state index contributed by atoms with van der Waals surface area (Å²) in [5, 5.41) is 10.2. The molecule has 1 atom stereocenters. The van der Waals surface area contributed by atoms with Gasteiger partial charge in [-0.05, 0) is 54.0 Å². The number of phenolic OH excluding ortho intramolecular Hbond substituents is 1. The lowest BCUT2D eigenvalue weighted by Gasteiger charge is -2.17.